The molecule has 1 amide bonds. The standard InChI is InChI=1S/C22H20Cl2N2O3/c1-12-4-9-17-18(23)10-19(24)22(21(17)25-12)29-11-20(28)16-7-5-15(6-8-16)13(2)26-14(3)27/h4-10,13H,11H2,1-3H3,(H,26,27)/t13-/m0/s1. The average molecular weight is 431 g/mol. The van der Waals surface area contributed by atoms with Crippen molar-refractivity contribution in [3.05, 3.63) is 69.3 Å². The number of halogens is 2. The van der Waals surface area contributed by atoms with Crippen LogP contribution in [0, 0.1) is 6.92 Å². The Morgan fingerprint density at radius 3 is 2.45 bits per heavy atom. The number of benzene rings is 2. The summed E-state index contributed by atoms with van der Waals surface area (Å²) in [6.45, 7) is 5.01. The van der Waals surface area contributed by atoms with Crippen LogP contribution < -0.4 is 10.1 Å². The summed E-state index contributed by atoms with van der Waals surface area (Å²) in [5, 5.41) is 4.29. The zero-order valence-electron chi connectivity index (χ0n) is 16.3. The quantitative estimate of drug-likeness (QED) is 0.538. The van der Waals surface area contributed by atoms with Crippen LogP contribution in [0.3, 0.4) is 0 Å². The van der Waals surface area contributed by atoms with Gasteiger partial charge in [0.15, 0.2) is 18.1 Å². The van der Waals surface area contributed by atoms with Crippen molar-refractivity contribution >= 4 is 45.8 Å². The van der Waals surface area contributed by atoms with Gasteiger partial charge in [-0.05, 0) is 37.6 Å². The van der Waals surface area contributed by atoms with Crippen LogP contribution in [-0.2, 0) is 4.79 Å². The van der Waals surface area contributed by atoms with Crippen LogP contribution in [0.5, 0.6) is 5.75 Å². The van der Waals surface area contributed by atoms with Gasteiger partial charge in [-0.2, -0.15) is 0 Å². The molecule has 3 aromatic rings. The molecule has 1 atom stereocenters. The van der Waals surface area contributed by atoms with Gasteiger partial charge in [-0.3, -0.25) is 9.59 Å². The first-order valence-electron chi connectivity index (χ1n) is 9.04. The predicted molar refractivity (Wildman–Crippen MR) is 115 cm³/mol. The van der Waals surface area contributed by atoms with E-state index in [1.54, 1.807) is 18.2 Å². The lowest BCUT2D eigenvalue weighted by Crippen LogP contribution is -2.23. The highest BCUT2D eigenvalue weighted by Gasteiger charge is 2.16. The molecule has 0 spiro atoms. The Labute approximate surface area is 179 Å². The van der Waals surface area contributed by atoms with Crippen LogP contribution >= 0.6 is 23.2 Å². The maximum absolute atomic E-state index is 12.6. The largest absolute Gasteiger partial charge is 0.482 e. The summed E-state index contributed by atoms with van der Waals surface area (Å²) >= 11 is 12.5. The van der Waals surface area contributed by atoms with E-state index in [1.807, 2.05) is 38.1 Å². The van der Waals surface area contributed by atoms with Gasteiger partial charge in [0.2, 0.25) is 5.91 Å². The first-order chi connectivity index (χ1) is 13.8. The van der Waals surface area contributed by atoms with Gasteiger partial charge in [0.1, 0.15) is 5.52 Å². The smallest absolute Gasteiger partial charge is 0.217 e. The van der Waals surface area contributed by atoms with Gasteiger partial charge in [0.05, 0.1) is 16.1 Å². The summed E-state index contributed by atoms with van der Waals surface area (Å²) in [7, 11) is 0. The molecular formula is C22H20Cl2N2O3. The second-order valence-corrected chi connectivity index (χ2v) is 7.59. The number of nitrogens with zero attached hydrogens (tertiary/aromatic N) is 1. The number of aromatic nitrogens is 1. The molecule has 1 aromatic heterocycles. The van der Waals surface area contributed by atoms with Crippen molar-refractivity contribution in [2.75, 3.05) is 6.61 Å². The normalized spacial score (nSPS) is 11.9. The summed E-state index contributed by atoms with van der Waals surface area (Å²) in [6, 6.07) is 12.2. The number of hydrogen-bond acceptors (Lipinski definition) is 4. The van der Waals surface area contributed by atoms with E-state index in [9.17, 15) is 9.59 Å². The van der Waals surface area contributed by atoms with Crippen molar-refractivity contribution in [1.82, 2.24) is 10.3 Å². The van der Waals surface area contributed by atoms with E-state index in [1.165, 1.54) is 6.92 Å². The van der Waals surface area contributed by atoms with Crippen LogP contribution in [0.15, 0.2) is 42.5 Å². The monoisotopic (exact) mass is 430 g/mol. The molecule has 1 N–H and O–H groups in total. The van der Waals surface area contributed by atoms with Crippen molar-refractivity contribution in [3.63, 3.8) is 0 Å². The molecule has 0 aliphatic heterocycles. The topological polar surface area (TPSA) is 68.3 Å². The molecule has 0 unspecified atom stereocenters. The molecule has 1 heterocycles. The van der Waals surface area contributed by atoms with Gasteiger partial charge < -0.3 is 10.1 Å². The fourth-order valence-electron chi connectivity index (χ4n) is 2.99. The highest BCUT2D eigenvalue weighted by Crippen LogP contribution is 2.37. The average Bonchev–Trinajstić information content (AvgIpc) is 2.67. The number of nitrogens with one attached hydrogen (secondary N) is 1. The third-order valence-corrected chi connectivity index (χ3v) is 5.07. The molecule has 2 aromatic carbocycles. The highest BCUT2D eigenvalue weighted by molar-refractivity contribution is 6.39. The van der Waals surface area contributed by atoms with E-state index in [0.717, 1.165) is 11.3 Å². The van der Waals surface area contributed by atoms with Crippen molar-refractivity contribution < 1.29 is 14.3 Å². The lowest BCUT2D eigenvalue weighted by Gasteiger charge is -2.14. The van der Waals surface area contributed by atoms with Crippen LogP contribution in [-0.4, -0.2) is 23.3 Å². The van der Waals surface area contributed by atoms with Gasteiger partial charge in [0.25, 0.3) is 0 Å². The van der Waals surface area contributed by atoms with Crippen LogP contribution in [0.4, 0.5) is 0 Å². The molecular weight excluding hydrogens is 411 g/mol. The third-order valence-electron chi connectivity index (χ3n) is 4.48. The summed E-state index contributed by atoms with van der Waals surface area (Å²) in [6.07, 6.45) is 0. The summed E-state index contributed by atoms with van der Waals surface area (Å²) in [5.41, 5.74) is 2.72. The summed E-state index contributed by atoms with van der Waals surface area (Å²) in [5.74, 6) is 0.0246. The van der Waals surface area contributed by atoms with Gasteiger partial charge in [0, 0.05) is 23.6 Å². The number of rotatable bonds is 6. The minimum Gasteiger partial charge on any atom is -0.482 e. The van der Waals surface area contributed by atoms with Crippen LogP contribution in [0.2, 0.25) is 10.0 Å². The van der Waals surface area contributed by atoms with E-state index >= 15 is 0 Å². The van der Waals surface area contributed by atoms with Gasteiger partial charge in [-0.15, -0.1) is 0 Å². The lowest BCUT2D eigenvalue weighted by atomic mass is 10.0. The maximum atomic E-state index is 12.6. The van der Waals surface area contributed by atoms with Crippen molar-refractivity contribution in [3.8, 4) is 5.75 Å². The molecule has 0 saturated carbocycles. The number of amides is 1. The fourth-order valence-corrected chi connectivity index (χ4v) is 3.57. The zero-order chi connectivity index (χ0) is 21.1. The molecule has 0 bridgehead atoms. The van der Waals surface area contributed by atoms with Gasteiger partial charge >= 0.3 is 0 Å². The van der Waals surface area contributed by atoms with E-state index in [0.29, 0.717) is 32.3 Å². The van der Waals surface area contributed by atoms with Crippen molar-refractivity contribution in [2.24, 2.45) is 0 Å². The number of pyridine rings is 1. The van der Waals surface area contributed by atoms with Gasteiger partial charge in [-0.25, -0.2) is 4.98 Å². The predicted octanol–water partition coefficient (Wildman–Crippen LogP) is 5.31. The molecule has 29 heavy (non-hydrogen) atoms. The first kappa shape index (κ1) is 21.1. The van der Waals surface area contributed by atoms with Crippen LogP contribution in [0.25, 0.3) is 10.9 Å². The Morgan fingerprint density at radius 2 is 1.79 bits per heavy atom. The number of hydrogen-bond donors (Lipinski definition) is 1. The summed E-state index contributed by atoms with van der Waals surface area (Å²) in [4.78, 5) is 28.2. The number of ketones is 1. The molecule has 0 radical (unpaired) electrons. The zero-order valence-corrected chi connectivity index (χ0v) is 17.8. The molecule has 0 fully saturated rings. The molecule has 5 nitrogen and oxygen atoms in total. The first-order valence-corrected chi connectivity index (χ1v) is 9.80. The Hall–Kier alpha value is -2.63. The molecule has 3 rings (SSSR count). The Balaban J connectivity index is 1.77. The number of Topliss-reactive ketones (excluding diaryl/α,β-unsaturated/α-hetero) is 1. The van der Waals surface area contributed by atoms with Gasteiger partial charge in [-0.1, -0.05) is 47.5 Å². The lowest BCUT2D eigenvalue weighted by molar-refractivity contribution is -0.119. The summed E-state index contributed by atoms with van der Waals surface area (Å²) < 4.78 is 5.75. The second kappa shape index (κ2) is 8.80. The van der Waals surface area contributed by atoms with E-state index in [4.69, 9.17) is 27.9 Å². The maximum Gasteiger partial charge on any atom is 0.217 e. The number of ether oxygens (including phenoxy) is 1. The minimum absolute atomic E-state index is 0.109. The minimum atomic E-state index is -0.199. The number of aryl methyl sites for hydroxylation is 1. The number of carbonyl (C=O) groups excluding carboxylic acids is 2. The molecule has 7 heteroatoms. The molecule has 0 aliphatic rings. The van der Waals surface area contributed by atoms with E-state index < -0.39 is 0 Å². The van der Waals surface area contributed by atoms with Crippen molar-refractivity contribution in [2.45, 2.75) is 26.8 Å². The third kappa shape index (κ3) is 4.86. The van der Waals surface area contributed by atoms with E-state index in [-0.39, 0.29) is 24.3 Å². The molecule has 0 saturated heterocycles. The Kier molecular flexibility index (Phi) is 6.40. The molecule has 0 aliphatic carbocycles. The SMILES string of the molecule is CC(=O)N[C@@H](C)c1ccc(C(=O)COc2c(Cl)cc(Cl)c3ccc(C)nc23)cc1. The second-order valence-electron chi connectivity index (χ2n) is 6.77. The molecule has 150 valence electrons. The van der Waals surface area contributed by atoms with E-state index in [2.05, 4.69) is 10.3 Å². The Bertz CT molecular complexity index is 1080. The van der Waals surface area contributed by atoms with Crippen molar-refractivity contribution in [1.29, 1.82) is 0 Å². The number of fused-ring (bicyclic) bond motifs is 1. The number of carbonyl (C=O) groups is 2. The highest BCUT2D eigenvalue weighted by atomic mass is 35.5. The fraction of sp³-hybridized carbons (Fsp3) is 0.227. The van der Waals surface area contributed by atoms with Crippen LogP contribution in [0.1, 0.15) is 41.5 Å². The Morgan fingerprint density at radius 1 is 1.10 bits per heavy atom.